The van der Waals surface area contributed by atoms with E-state index in [2.05, 4.69) is 25.9 Å². The van der Waals surface area contributed by atoms with Crippen molar-refractivity contribution >= 4 is 0 Å². The maximum atomic E-state index is 5.68. The molecule has 0 amide bonds. The first-order valence-corrected chi connectivity index (χ1v) is 6.25. The fraction of sp³-hybridized carbons (Fsp3) is 0.769. The Balaban J connectivity index is 2.22. The molecule has 0 bridgehead atoms. The highest BCUT2D eigenvalue weighted by atomic mass is 16.5. The fourth-order valence-electron chi connectivity index (χ4n) is 2.58. The second-order valence-corrected chi connectivity index (χ2v) is 5.52. The van der Waals surface area contributed by atoms with E-state index in [-0.39, 0.29) is 0 Å². The Labute approximate surface area is 97.4 Å². The van der Waals surface area contributed by atoms with Crippen molar-refractivity contribution in [3.8, 4) is 0 Å². The number of nitrogens with two attached hydrogens (primary N) is 1. The van der Waals surface area contributed by atoms with Crippen LogP contribution < -0.4 is 5.73 Å². The Hall–Kier alpha value is -0.830. The van der Waals surface area contributed by atoms with Crippen LogP contribution in [0.4, 0.5) is 0 Å². The summed E-state index contributed by atoms with van der Waals surface area (Å²) in [6, 6.07) is 0. The molecule has 90 valence electrons. The first kappa shape index (κ1) is 11.6. The van der Waals surface area contributed by atoms with Gasteiger partial charge < -0.3 is 10.3 Å². The van der Waals surface area contributed by atoms with E-state index < -0.39 is 0 Å². The summed E-state index contributed by atoms with van der Waals surface area (Å²) in [6.45, 7) is 7.49. The van der Waals surface area contributed by atoms with E-state index in [1.54, 1.807) is 0 Å². The summed E-state index contributed by atoms with van der Waals surface area (Å²) in [5.41, 5.74) is 8.34. The average molecular weight is 222 g/mol. The quantitative estimate of drug-likeness (QED) is 0.855. The number of nitrogens with zero attached hydrogens (tertiary/aromatic N) is 1. The molecular weight excluding hydrogens is 200 g/mol. The Morgan fingerprint density at radius 1 is 1.50 bits per heavy atom. The highest BCUT2D eigenvalue weighted by Gasteiger charge is 2.33. The van der Waals surface area contributed by atoms with Gasteiger partial charge in [-0.25, -0.2) is 0 Å². The summed E-state index contributed by atoms with van der Waals surface area (Å²) in [5.74, 6) is 1.80. The van der Waals surface area contributed by atoms with Crippen LogP contribution in [0, 0.1) is 11.3 Å². The van der Waals surface area contributed by atoms with Crippen molar-refractivity contribution in [3.05, 3.63) is 17.0 Å². The predicted molar refractivity (Wildman–Crippen MR) is 64.0 cm³/mol. The molecule has 1 atom stereocenters. The number of hydrogen-bond donors (Lipinski definition) is 1. The molecule has 2 rings (SSSR count). The second kappa shape index (κ2) is 4.21. The van der Waals surface area contributed by atoms with Gasteiger partial charge in [0.15, 0.2) is 0 Å². The molecule has 1 heterocycles. The lowest BCUT2D eigenvalue weighted by Gasteiger charge is -2.35. The van der Waals surface area contributed by atoms with Crippen LogP contribution >= 0.6 is 0 Å². The fourth-order valence-corrected chi connectivity index (χ4v) is 2.58. The summed E-state index contributed by atoms with van der Waals surface area (Å²) in [7, 11) is 0. The van der Waals surface area contributed by atoms with Gasteiger partial charge in [0.05, 0.1) is 0 Å². The van der Waals surface area contributed by atoms with Gasteiger partial charge in [-0.05, 0) is 24.2 Å². The van der Waals surface area contributed by atoms with Crippen molar-refractivity contribution in [1.82, 2.24) is 5.16 Å². The van der Waals surface area contributed by atoms with Crippen molar-refractivity contribution in [2.24, 2.45) is 17.1 Å². The van der Waals surface area contributed by atoms with Crippen LogP contribution in [-0.4, -0.2) is 5.16 Å². The minimum atomic E-state index is 0.404. The summed E-state index contributed by atoms with van der Waals surface area (Å²) in [6.07, 6.45) is 4.55. The van der Waals surface area contributed by atoms with E-state index >= 15 is 0 Å². The molecule has 0 aliphatic heterocycles. The molecule has 0 saturated heterocycles. The number of hydrogen-bond acceptors (Lipinski definition) is 3. The van der Waals surface area contributed by atoms with E-state index in [0.717, 1.165) is 30.2 Å². The molecule has 16 heavy (non-hydrogen) atoms. The van der Waals surface area contributed by atoms with Crippen molar-refractivity contribution < 1.29 is 4.52 Å². The summed E-state index contributed by atoms with van der Waals surface area (Å²) >= 11 is 0. The third-order valence-electron chi connectivity index (χ3n) is 4.33. The van der Waals surface area contributed by atoms with Crippen molar-refractivity contribution in [2.75, 3.05) is 0 Å². The van der Waals surface area contributed by atoms with Crippen molar-refractivity contribution in [1.29, 1.82) is 0 Å². The number of rotatable bonds is 3. The zero-order chi connectivity index (χ0) is 11.8. The van der Waals surface area contributed by atoms with E-state index in [1.165, 1.54) is 18.4 Å². The predicted octanol–water partition coefficient (Wildman–Crippen LogP) is 2.67. The van der Waals surface area contributed by atoms with Gasteiger partial charge in [-0.3, -0.25) is 0 Å². The van der Waals surface area contributed by atoms with Crippen LogP contribution in [0.1, 0.15) is 50.6 Å². The van der Waals surface area contributed by atoms with Gasteiger partial charge in [-0.2, -0.15) is 0 Å². The minimum absolute atomic E-state index is 0.404. The maximum Gasteiger partial charge on any atom is 0.140 e. The topological polar surface area (TPSA) is 52.0 Å². The van der Waals surface area contributed by atoms with E-state index in [9.17, 15) is 0 Å². The highest BCUT2D eigenvalue weighted by Crippen LogP contribution is 2.40. The molecule has 3 nitrogen and oxygen atoms in total. The van der Waals surface area contributed by atoms with Crippen LogP contribution in [0.5, 0.6) is 0 Å². The van der Waals surface area contributed by atoms with Gasteiger partial charge in [0.2, 0.25) is 0 Å². The van der Waals surface area contributed by atoms with E-state index in [1.807, 2.05) is 0 Å². The first-order chi connectivity index (χ1) is 7.58. The smallest absolute Gasteiger partial charge is 0.140 e. The van der Waals surface area contributed by atoms with E-state index in [4.69, 9.17) is 10.3 Å². The zero-order valence-electron chi connectivity index (χ0n) is 10.5. The van der Waals surface area contributed by atoms with Crippen molar-refractivity contribution in [3.63, 3.8) is 0 Å². The largest absolute Gasteiger partial charge is 0.361 e. The Bertz CT molecular complexity index is 355. The van der Waals surface area contributed by atoms with Gasteiger partial charge in [-0.1, -0.05) is 32.3 Å². The second-order valence-electron chi connectivity index (χ2n) is 5.52. The molecule has 2 N–H and O–H groups in total. The van der Waals surface area contributed by atoms with E-state index in [0.29, 0.717) is 12.0 Å². The molecule has 1 aliphatic rings. The lowest BCUT2D eigenvalue weighted by molar-refractivity contribution is 0.176. The third-order valence-corrected chi connectivity index (χ3v) is 4.33. The van der Waals surface area contributed by atoms with Crippen LogP contribution in [0.25, 0.3) is 0 Å². The number of fused-ring (bicyclic) bond motifs is 1. The third kappa shape index (κ3) is 1.88. The standard InChI is InChI=1S/C13H22N2O/c1-4-13(2,3)9-5-6-12-10(7-9)11(8-14)15-16-12/h9H,4-8,14H2,1-3H3. The molecule has 0 radical (unpaired) electrons. The molecule has 1 unspecified atom stereocenters. The number of aryl methyl sites for hydroxylation is 1. The molecular formula is C13H22N2O. The normalized spacial score (nSPS) is 20.9. The first-order valence-electron chi connectivity index (χ1n) is 6.25. The molecule has 0 aromatic carbocycles. The molecule has 0 fully saturated rings. The SMILES string of the molecule is CCC(C)(C)C1CCc2onc(CN)c2C1. The monoisotopic (exact) mass is 222 g/mol. The maximum absolute atomic E-state index is 5.68. The summed E-state index contributed by atoms with van der Waals surface area (Å²) in [5, 5.41) is 4.06. The lowest BCUT2D eigenvalue weighted by atomic mass is 9.69. The highest BCUT2D eigenvalue weighted by molar-refractivity contribution is 5.26. The van der Waals surface area contributed by atoms with Gasteiger partial charge in [0.25, 0.3) is 0 Å². The lowest BCUT2D eigenvalue weighted by Crippen LogP contribution is -2.29. The van der Waals surface area contributed by atoms with Crippen LogP contribution in [0.2, 0.25) is 0 Å². The Kier molecular flexibility index (Phi) is 3.06. The van der Waals surface area contributed by atoms with Crippen LogP contribution in [0.15, 0.2) is 4.52 Å². The van der Waals surface area contributed by atoms with Crippen LogP contribution in [0.3, 0.4) is 0 Å². The Morgan fingerprint density at radius 3 is 2.88 bits per heavy atom. The molecule has 1 aromatic rings. The molecule has 1 aliphatic carbocycles. The average Bonchev–Trinajstić information content (AvgIpc) is 2.70. The van der Waals surface area contributed by atoms with Gasteiger partial charge in [0, 0.05) is 18.5 Å². The number of aromatic nitrogens is 1. The van der Waals surface area contributed by atoms with Gasteiger partial charge in [0.1, 0.15) is 11.5 Å². The molecule has 0 spiro atoms. The van der Waals surface area contributed by atoms with Crippen molar-refractivity contribution in [2.45, 2.75) is 53.0 Å². The molecule has 0 saturated carbocycles. The molecule has 3 heteroatoms. The zero-order valence-corrected chi connectivity index (χ0v) is 10.5. The Morgan fingerprint density at radius 2 is 2.25 bits per heavy atom. The van der Waals surface area contributed by atoms with Gasteiger partial charge >= 0.3 is 0 Å². The van der Waals surface area contributed by atoms with Crippen LogP contribution in [-0.2, 0) is 19.4 Å². The van der Waals surface area contributed by atoms with Gasteiger partial charge in [-0.15, -0.1) is 0 Å². The summed E-state index contributed by atoms with van der Waals surface area (Å²) in [4.78, 5) is 0. The minimum Gasteiger partial charge on any atom is -0.361 e. The molecule has 1 aromatic heterocycles. The summed E-state index contributed by atoms with van der Waals surface area (Å²) < 4.78 is 5.34.